The number of rotatable bonds is 3. The van der Waals surface area contributed by atoms with Gasteiger partial charge in [0.25, 0.3) is 5.91 Å². The molecule has 1 aromatic heterocycles. The molecule has 3 heterocycles. The van der Waals surface area contributed by atoms with Gasteiger partial charge in [0, 0.05) is 32.8 Å². The van der Waals surface area contributed by atoms with Crippen LogP contribution in [0, 0.1) is 0 Å². The number of pyridine rings is 1. The maximum atomic E-state index is 11.9. The van der Waals surface area contributed by atoms with Gasteiger partial charge in [-0.05, 0) is 25.0 Å². The molecule has 2 N–H and O–H groups in total. The molecule has 2 aliphatic heterocycles. The lowest BCUT2D eigenvalue weighted by Crippen LogP contribution is -2.43. The van der Waals surface area contributed by atoms with Crippen molar-refractivity contribution in [2.24, 2.45) is 0 Å². The molecular formula is C14H20N4O2. The van der Waals surface area contributed by atoms with E-state index in [0.29, 0.717) is 12.4 Å². The molecule has 0 aliphatic carbocycles. The Hall–Kier alpha value is -1.66. The third kappa shape index (κ3) is 3.08. The molecule has 0 saturated carbocycles. The Labute approximate surface area is 118 Å². The number of nitrogens with zero attached hydrogens (tertiary/aromatic N) is 2. The first-order valence-corrected chi connectivity index (χ1v) is 7.17. The zero-order chi connectivity index (χ0) is 13.8. The fraction of sp³-hybridized carbons (Fsp3) is 0.571. The molecule has 0 unspecified atom stereocenters. The van der Waals surface area contributed by atoms with Crippen LogP contribution in [0.1, 0.15) is 12.8 Å². The number of carbonyl (C=O) groups is 1. The minimum atomic E-state index is -0.315. The predicted molar refractivity (Wildman–Crippen MR) is 76.9 cm³/mol. The number of amides is 1. The van der Waals surface area contributed by atoms with E-state index >= 15 is 0 Å². The van der Waals surface area contributed by atoms with Crippen molar-refractivity contribution in [3.05, 3.63) is 18.3 Å². The van der Waals surface area contributed by atoms with Gasteiger partial charge in [-0.2, -0.15) is 0 Å². The second-order valence-electron chi connectivity index (χ2n) is 5.13. The Morgan fingerprint density at radius 2 is 2.25 bits per heavy atom. The largest absolute Gasteiger partial charge is 0.368 e. The first kappa shape index (κ1) is 13.3. The summed E-state index contributed by atoms with van der Waals surface area (Å²) in [6, 6.07) is 3.85. The fourth-order valence-electron chi connectivity index (χ4n) is 2.56. The van der Waals surface area contributed by atoms with E-state index in [1.54, 1.807) is 0 Å². The standard InChI is InChI=1S/C14H20N4O2/c19-14(12-2-1-9-20-12)17-13-4-3-11(10-16-13)18-7-5-15-6-8-18/h3-4,10,12,15H,1-2,5-9H2,(H,16,17,19)/t12-/m1/s1. The highest BCUT2D eigenvalue weighted by atomic mass is 16.5. The van der Waals surface area contributed by atoms with E-state index in [1.165, 1.54) is 0 Å². The van der Waals surface area contributed by atoms with Gasteiger partial charge in [-0.25, -0.2) is 4.98 Å². The second-order valence-corrected chi connectivity index (χ2v) is 5.13. The van der Waals surface area contributed by atoms with E-state index in [9.17, 15) is 4.79 Å². The minimum absolute atomic E-state index is 0.0927. The van der Waals surface area contributed by atoms with Crippen LogP contribution < -0.4 is 15.5 Å². The third-order valence-electron chi connectivity index (χ3n) is 3.70. The van der Waals surface area contributed by atoms with Gasteiger partial charge in [0.15, 0.2) is 0 Å². The quantitative estimate of drug-likeness (QED) is 0.846. The SMILES string of the molecule is O=C(Nc1ccc(N2CCNCC2)cn1)[C@H]1CCCO1. The van der Waals surface area contributed by atoms with Crippen LogP contribution in [0.5, 0.6) is 0 Å². The van der Waals surface area contributed by atoms with Crippen LogP contribution in [0.2, 0.25) is 0 Å². The van der Waals surface area contributed by atoms with Gasteiger partial charge >= 0.3 is 0 Å². The molecular weight excluding hydrogens is 256 g/mol. The number of carbonyl (C=O) groups excluding carboxylic acids is 1. The van der Waals surface area contributed by atoms with Gasteiger partial charge in [-0.15, -0.1) is 0 Å². The molecule has 108 valence electrons. The number of nitrogens with one attached hydrogen (secondary N) is 2. The lowest BCUT2D eigenvalue weighted by molar-refractivity contribution is -0.124. The van der Waals surface area contributed by atoms with E-state index < -0.39 is 0 Å². The monoisotopic (exact) mass is 276 g/mol. The van der Waals surface area contributed by atoms with E-state index in [-0.39, 0.29) is 12.0 Å². The summed E-state index contributed by atoms with van der Waals surface area (Å²) in [6.07, 6.45) is 3.25. The van der Waals surface area contributed by atoms with Crippen molar-refractivity contribution < 1.29 is 9.53 Å². The van der Waals surface area contributed by atoms with Gasteiger partial charge in [-0.1, -0.05) is 0 Å². The summed E-state index contributed by atoms with van der Waals surface area (Å²) < 4.78 is 5.35. The van der Waals surface area contributed by atoms with Gasteiger partial charge < -0.3 is 20.3 Å². The average Bonchev–Trinajstić information content (AvgIpc) is 3.03. The van der Waals surface area contributed by atoms with Crippen molar-refractivity contribution in [3.8, 4) is 0 Å². The van der Waals surface area contributed by atoms with E-state index in [1.807, 2.05) is 18.3 Å². The summed E-state index contributed by atoms with van der Waals surface area (Å²) in [5, 5.41) is 6.13. The van der Waals surface area contributed by atoms with E-state index in [2.05, 4.69) is 20.5 Å². The highest BCUT2D eigenvalue weighted by Crippen LogP contribution is 2.17. The number of ether oxygens (including phenoxy) is 1. The Balaban J connectivity index is 1.59. The molecule has 6 heteroatoms. The molecule has 0 spiro atoms. The van der Waals surface area contributed by atoms with Crippen molar-refractivity contribution in [2.75, 3.05) is 43.0 Å². The van der Waals surface area contributed by atoms with Crippen molar-refractivity contribution in [1.29, 1.82) is 0 Å². The van der Waals surface area contributed by atoms with Crippen LogP contribution in [0.3, 0.4) is 0 Å². The van der Waals surface area contributed by atoms with E-state index in [4.69, 9.17) is 4.74 Å². The summed E-state index contributed by atoms with van der Waals surface area (Å²) in [5.41, 5.74) is 1.10. The first-order chi connectivity index (χ1) is 9.83. The van der Waals surface area contributed by atoms with Crippen molar-refractivity contribution in [3.63, 3.8) is 0 Å². The van der Waals surface area contributed by atoms with Crippen molar-refractivity contribution in [1.82, 2.24) is 10.3 Å². The van der Waals surface area contributed by atoms with Crippen molar-refractivity contribution >= 4 is 17.4 Å². The van der Waals surface area contributed by atoms with Crippen LogP contribution in [0.15, 0.2) is 18.3 Å². The summed E-state index contributed by atoms with van der Waals surface area (Å²) in [7, 11) is 0. The van der Waals surface area contributed by atoms with Crippen LogP contribution in [-0.4, -0.2) is 49.8 Å². The van der Waals surface area contributed by atoms with Gasteiger partial charge in [0.05, 0.1) is 11.9 Å². The van der Waals surface area contributed by atoms with Crippen LogP contribution in [0.25, 0.3) is 0 Å². The molecule has 3 rings (SSSR count). The smallest absolute Gasteiger partial charge is 0.254 e. The van der Waals surface area contributed by atoms with Gasteiger partial charge in [-0.3, -0.25) is 4.79 Å². The number of piperazine rings is 1. The predicted octanol–water partition coefficient (Wildman–Crippen LogP) is 0.609. The number of hydrogen-bond acceptors (Lipinski definition) is 5. The normalized spacial score (nSPS) is 22.8. The number of anilines is 2. The Bertz CT molecular complexity index is 451. The number of hydrogen-bond donors (Lipinski definition) is 2. The zero-order valence-corrected chi connectivity index (χ0v) is 11.5. The van der Waals surface area contributed by atoms with Gasteiger partial charge in [0.2, 0.25) is 0 Å². The lowest BCUT2D eigenvalue weighted by Gasteiger charge is -2.29. The maximum absolute atomic E-state index is 11.9. The molecule has 6 nitrogen and oxygen atoms in total. The van der Waals surface area contributed by atoms with Crippen LogP contribution >= 0.6 is 0 Å². The van der Waals surface area contributed by atoms with Gasteiger partial charge in [0.1, 0.15) is 11.9 Å². The topological polar surface area (TPSA) is 66.5 Å². The average molecular weight is 276 g/mol. The third-order valence-corrected chi connectivity index (χ3v) is 3.70. The molecule has 2 saturated heterocycles. The summed E-state index contributed by atoms with van der Waals surface area (Å²) in [5.74, 6) is 0.495. The summed E-state index contributed by atoms with van der Waals surface area (Å²) >= 11 is 0. The molecule has 0 radical (unpaired) electrons. The Morgan fingerprint density at radius 3 is 2.90 bits per heavy atom. The molecule has 1 aromatic rings. The van der Waals surface area contributed by atoms with Crippen molar-refractivity contribution in [2.45, 2.75) is 18.9 Å². The maximum Gasteiger partial charge on any atom is 0.254 e. The molecule has 20 heavy (non-hydrogen) atoms. The molecule has 0 aromatic carbocycles. The zero-order valence-electron chi connectivity index (χ0n) is 11.5. The summed E-state index contributed by atoms with van der Waals surface area (Å²) in [6.45, 7) is 4.65. The Kier molecular flexibility index (Phi) is 4.13. The minimum Gasteiger partial charge on any atom is -0.368 e. The second kappa shape index (κ2) is 6.19. The Morgan fingerprint density at radius 1 is 1.40 bits per heavy atom. The van der Waals surface area contributed by atoms with E-state index in [0.717, 1.165) is 44.7 Å². The molecule has 0 bridgehead atoms. The number of aromatic nitrogens is 1. The molecule has 1 amide bonds. The molecule has 2 aliphatic rings. The summed E-state index contributed by atoms with van der Waals surface area (Å²) in [4.78, 5) is 18.5. The highest BCUT2D eigenvalue weighted by molar-refractivity contribution is 5.93. The molecule has 2 fully saturated rings. The molecule has 1 atom stereocenters. The van der Waals surface area contributed by atoms with Crippen LogP contribution in [0.4, 0.5) is 11.5 Å². The lowest BCUT2D eigenvalue weighted by atomic mass is 10.2. The first-order valence-electron chi connectivity index (χ1n) is 7.17. The fourth-order valence-corrected chi connectivity index (χ4v) is 2.56. The highest BCUT2D eigenvalue weighted by Gasteiger charge is 2.23. The van der Waals surface area contributed by atoms with Crippen LogP contribution in [-0.2, 0) is 9.53 Å².